The highest BCUT2D eigenvalue weighted by Crippen LogP contribution is 2.24. The molecule has 0 aliphatic carbocycles. The van der Waals surface area contributed by atoms with Crippen molar-refractivity contribution < 1.29 is 0 Å². The van der Waals surface area contributed by atoms with Crippen LogP contribution in [0.1, 0.15) is 60.3 Å². The molecule has 0 atom stereocenters. The fourth-order valence-electron chi connectivity index (χ4n) is 3.50. The zero-order valence-corrected chi connectivity index (χ0v) is 16.7. The van der Waals surface area contributed by atoms with Crippen LogP contribution in [0.15, 0.2) is 24.4 Å². The molecule has 0 bridgehead atoms. The van der Waals surface area contributed by atoms with E-state index in [2.05, 4.69) is 33.8 Å². The minimum Gasteiger partial charge on any atom is -0.357 e. The third-order valence-electron chi connectivity index (χ3n) is 4.98. The fourth-order valence-corrected chi connectivity index (χ4v) is 3.50. The van der Waals surface area contributed by atoms with Gasteiger partial charge in [-0.3, -0.25) is 0 Å². The van der Waals surface area contributed by atoms with E-state index in [1.54, 1.807) is 0 Å². The van der Waals surface area contributed by atoms with Gasteiger partial charge in [-0.1, -0.05) is 40.7 Å². The third kappa shape index (κ3) is 6.80. The number of likely N-dealkylation sites (tertiary alicyclic amines) is 1. The van der Waals surface area contributed by atoms with Crippen LogP contribution in [0.4, 0.5) is 5.82 Å². The van der Waals surface area contributed by atoms with Crippen molar-refractivity contribution in [3.8, 4) is 0 Å². The Labute approximate surface area is 150 Å². The third-order valence-corrected chi connectivity index (χ3v) is 4.98. The van der Waals surface area contributed by atoms with E-state index in [0.717, 1.165) is 17.7 Å². The van der Waals surface area contributed by atoms with Crippen LogP contribution in [0.25, 0.3) is 0 Å². The van der Waals surface area contributed by atoms with Gasteiger partial charge in [0.05, 0.1) is 0 Å². The average molecular weight is 334 g/mol. The number of pyridine rings is 1. The lowest BCUT2D eigenvalue weighted by Crippen LogP contribution is -2.41. The highest BCUT2D eigenvalue weighted by molar-refractivity contribution is 5.37. The summed E-state index contributed by atoms with van der Waals surface area (Å²) in [5.41, 5.74) is 0. The number of hydrogen-bond donors (Lipinski definition) is 0. The van der Waals surface area contributed by atoms with Crippen LogP contribution >= 0.6 is 0 Å². The van der Waals surface area contributed by atoms with Crippen molar-refractivity contribution >= 4 is 5.82 Å². The first-order valence-electron chi connectivity index (χ1n) is 10.2. The molecule has 0 N–H and O–H groups in total. The van der Waals surface area contributed by atoms with Crippen molar-refractivity contribution in [2.24, 2.45) is 11.8 Å². The molecule has 24 heavy (non-hydrogen) atoms. The van der Waals surface area contributed by atoms with Gasteiger partial charge in [0.15, 0.2) is 0 Å². The van der Waals surface area contributed by atoms with Crippen LogP contribution in [-0.4, -0.2) is 42.6 Å². The maximum Gasteiger partial charge on any atom is 0.128 e. The van der Waals surface area contributed by atoms with Gasteiger partial charge < -0.3 is 9.80 Å². The Kier molecular flexibility index (Phi) is 10.7. The molecule has 2 aliphatic heterocycles. The minimum atomic E-state index is 0.892. The van der Waals surface area contributed by atoms with Crippen LogP contribution in [0, 0.1) is 11.8 Å². The van der Waals surface area contributed by atoms with E-state index < -0.39 is 0 Å². The second kappa shape index (κ2) is 12.3. The van der Waals surface area contributed by atoms with Crippen LogP contribution in [0.5, 0.6) is 0 Å². The summed E-state index contributed by atoms with van der Waals surface area (Å²) in [5.74, 6) is 2.98. The number of aromatic nitrogens is 1. The number of anilines is 1. The summed E-state index contributed by atoms with van der Waals surface area (Å²) < 4.78 is 0. The predicted molar refractivity (Wildman–Crippen MR) is 107 cm³/mol. The Morgan fingerprint density at radius 3 is 2.08 bits per heavy atom. The van der Waals surface area contributed by atoms with Gasteiger partial charge in [-0.2, -0.15) is 0 Å². The Balaban J connectivity index is 0.000000671. The normalized spacial score (nSPS) is 19.8. The SMILES string of the molecule is CC.CC.CC1CCN(CC2CCN(c3ccccn3)CC2)CC1. The molecule has 1 aromatic heterocycles. The zero-order valence-electron chi connectivity index (χ0n) is 16.7. The molecular formula is C21H39N3. The van der Waals surface area contributed by atoms with Gasteiger partial charge in [0.2, 0.25) is 0 Å². The Hall–Kier alpha value is -1.09. The Morgan fingerprint density at radius 2 is 1.54 bits per heavy atom. The van der Waals surface area contributed by atoms with Gasteiger partial charge in [0, 0.05) is 25.8 Å². The summed E-state index contributed by atoms with van der Waals surface area (Å²) in [6.07, 6.45) is 7.33. The summed E-state index contributed by atoms with van der Waals surface area (Å²) in [7, 11) is 0. The van der Waals surface area contributed by atoms with Crippen molar-refractivity contribution in [3.63, 3.8) is 0 Å². The summed E-state index contributed by atoms with van der Waals surface area (Å²) in [4.78, 5) is 9.60. The van der Waals surface area contributed by atoms with Gasteiger partial charge in [0.1, 0.15) is 5.82 Å². The zero-order chi connectivity index (χ0) is 17.8. The molecular weight excluding hydrogens is 294 g/mol. The maximum absolute atomic E-state index is 4.47. The molecule has 138 valence electrons. The van der Waals surface area contributed by atoms with E-state index in [0.29, 0.717) is 0 Å². The largest absolute Gasteiger partial charge is 0.357 e. The predicted octanol–water partition coefficient (Wildman–Crippen LogP) is 5.08. The topological polar surface area (TPSA) is 19.4 Å². The molecule has 0 radical (unpaired) electrons. The van der Waals surface area contributed by atoms with Crippen molar-refractivity contribution in [2.75, 3.05) is 37.6 Å². The van der Waals surface area contributed by atoms with Crippen molar-refractivity contribution in [3.05, 3.63) is 24.4 Å². The first-order chi connectivity index (χ1) is 11.8. The number of nitrogens with zero attached hydrogens (tertiary/aromatic N) is 3. The number of hydrogen-bond acceptors (Lipinski definition) is 3. The molecule has 0 saturated carbocycles. The van der Waals surface area contributed by atoms with Gasteiger partial charge >= 0.3 is 0 Å². The van der Waals surface area contributed by atoms with Crippen LogP contribution in [0.3, 0.4) is 0 Å². The molecule has 2 aliphatic rings. The van der Waals surface area contributed by atoms with E-state index in [1.807, 2.05) is 40.0 Å². The van der Waals surface area contributed by atoms with Crippen molar-refractivity contribution in [1.29, 1.82) is 0 Å². The van der Waals surface area contributed by atoms with Gasteiger partial charge in [-0.15, -0.1) is 0 Å². The molecule has 1 aromatic rings. The van der Waals surface area contributed by atoms with Gasteiger partial charge in [0.25, 0.3) is 0 Å². The van der Waals surface area contributed by atoms with E-state index in [9.17, 15) is 0 Å². The fraction of sp³-hybridized carbons (Fsp3) is 0.762. The lowest BCUT2D eigenvalue weighted by molar-refractivity contribution is 0.156. The smallest absolute Gasteiger partial charge is 0.128 e. The van der Waals surface area contributed by atoms with Crippen molar-refractivity contribution in [2.45, 2.75) is 60.3 Å². The van der Waals surface area contributed by atoms with Gasteiger partial charge in [-0.05, 0) is 62.7 Å². The summed E-state index contributed by atoms with van der Waals surface area (Å²) in [6.45, 7) is 16.7. The average Bonchev–Trinajstić information content (AvgIpc) is 2.68. The van der Waals surface area contributed by atoms with Crippen LogP contribution in [-0.2, 0) is 0 Å². The first-order valence-corrected chi connectivity index (χ1v) is 10.2. The second-order valence-electron chi connectivity index (χ2n) is 6.60. The Morgan fingerprint density at radius 1 is 0.917 bits per heavy atom. The standard InChI is InChI=1S/C17H27N3.2C2H6/c1-15-5-10-19(11-6-15)14-16-7-12-20(13-8-16)17-4-2-3-9-18-17;2*1-2/h2-4,9,15-16H,5-8,10-14H2,1H3;2*1-2H3. The molecule has 0 spiro atoms. The van der Waals surface area contributed by atoms with E-state index in [4.69, 9.17) is 0 Å². The number of piperidine rings is 2. The lowest BCUT2D eigenvalue weighted by Gasteiger charge is -2.37. The van der Waals surface area contributed by atoms with E-state index in [-0.39, 0.29) is 0 Å². The second-order valence-corrected chi connectivity index (χ2v) is 6.60. The van der Waals surface area contributed by atoms with Crippen LogP contribution in [0.2, 0.25) is 0 Å². The summed E-state index contributed by atoms with van der Waals surface area (Å²) >= 11 is 0. The number of rotatable bonds is 3. The summed E-state index contributed by atoms with van der Waals surface area (Å²) in [6, 6.07) is 6.21. The quantitative estimate of drug-likeness (QED) is 0.768. The van der Waals surface area contributed by atoms with Crippen LogP contribution < -0.4 is 4.90 Å². The molecule has 2 fully saturated rings. The lowest BCUT2D eigenvalue weighted by atomic mass is 9.93. The highest BCUT2D eigenvalue weighted by atomic mass is 15.2. The molecule has 3 nitrogen and oxygen atoms in total. The highest BCUT2D eigenvalue weighted by Gasteiger charge is 2.23. The molecule has 3 rings (SSSR count). The maximum atomic E-state index is 4.47. The molecule has 3 heterocycles. The Bertz CT molecular complexity index is 391. The van der Waals surface area contributed by atoms with E-state index >= 15 is 0 Å². The first kappa shape index (κ1) is 21.0. The molecule has 0 amide bonds. The van der Waals surface area contributed by atoms with Gasteiger partial charge in [-0.25, -0.2) is 4.98 Å². The molecule has 2 saturated heterocycles. The molecule has 0 aromatic carbocycles. The van der Waals surface area contributed by atoms with Crippen molar-refractivity contribution in [1.82, 2.24) is 9.88 Å². The summed E-state index contributed by atoms with van der Waals surface area (Å²) in [5, 5.41) is 0. The molecule has 3 heteroatoms. The monoisotopic (exact) mass is 333 g/mol. The minimum absolute atomic E-state index is 0.892. The van der Waals surface area contributed by atoms with E-state index in [1.165, 1.54) is 58.4 Å². The molecule has 0 unspecified atom stereocenters.